The first-order valence-electron chi connectivity index (χ1n) is 3.96. The minimum absolute atomic E-state index is 0.202. The predicted octanol–water partition coefficient (Wildman–Crippen LogP) is 3.30. The first-order chi connectivity index (χ1) is 6.15. The molecule has 70 valence electrons. The van der Waals surface area contributed by atoms with Gasteiger partial charge in [-0.15, -0.1) is 11.8 Å². The van der Waals surface area contributed by atoms with Crippen LogP contribution in [0, 0.1) is 0 Å². The Labute approximate surface area is 91.0 Å². The average molecular weight is 259 g/mol. The second-order valence-electron chi connectivity index (χ2n) is 2.81. The highest BCUT2D eigenvalue weighted by Crippen LogP contribution is 2.29. The quantitative estimate of drug-likeness (QED) is 0.775. The summed E-state index contributed by atoms with van der Waals surface area (Å²) in [6.07, 6.45) is 2.54. The zero-order chi connectivity index (χ0) is 9.84. The fraction of sp³-hybridized carbons (Fsp3) is 0.300. The fourth-order valence-corrected chi connectivity index (χ4v) is 2.75. The number of rotatable bonds is 3. The van der Waals surface area contributed by atoms with Gasteiger partial charge in [0.15, 0.2) is 0 Å². The molecule has 13 heavy (non-hydrogen) atoms. The predicted molar refractivity (Wildman–Crippen MR) is 60.3 cm³/mol. The first-order valence-corrected chi connectivity index (χ1v) is 5.97. The van der Waals surface area contributed by atoms with Crippen molar-refractivity contribution in [1.82, 2.24) is 0 Å². The lowest BCUT2D eigenvalue weighted by Crippen LogP contribution is -1.98. The highest BCUT2D eigenvalue weighted by Gasteiger charge is 2.06. The third-order valence-corrected chi connectivity index (χ3v) is 3.51. The average Bonchev–Trinajstić information content (AvgIpc) is 2.03. The van der Waals surface area contributed by atoms with E-state index in [1.807, 2.05) is 24.5 Å². The molecule has 0 amide bonds. The molecule has 0 atom stereocenters. The number of carbonyl (C=O) groups is 1. The van der Waals surface area contributed by atoms with Crippen molar-refractivity contribution in [2.24, 2.45) is 0 Å². The van der Waals surface area contributed by atoms with Crippen molar-refractivity contribution in [1.29, 1.82) is 0 Å². The molecular formula is C10H11BrOS. The number of Topliss-reactive ketones (excluding diaryl/α,β-unsaturated/α-hetero) is 1. The van der Waals surface area contributed by atoms with E-state index in [0.717, 1.165) is 14.9 Å². The van der Waals surface area contributed by atoms with Gasteiger partial charge in [0.1, 0.15) is 5.78 Å². The molecule has 0 unspecified atom stereocenters. The van der Waals surface area contributed by atoms with Crippen LogP contribution < -0.4 is 0 Å². The minimum Gasteiger partial charge on any atom is -0.300 e. The molecule has 0 aromatic heterocycles. The summed E-state index contributed by atoms with van der Waals surface area (Å²) in [5, 5.41) is 0. The Balaban J connectivity index is 3.05. The van der Waals surface area contributed by atoms with Crippen molar-refractivity contribution in [3.63, 3.8) is 0 Å². The summed E-state index contributed by atoms with van der Waals surface area (Å²) >= 11 is 5.13. The Morgan fingerprint density at radius 2 is 2.23 bits per heavy atom. The van der Waals surface area contributed by atoms with Crippen LogP contribution in [0.1, 0.15) is 12.5 Å². The van der Waals surface area contributed by atoms with Crippen molar-refractivity contribution in [3.8, 4) is 0 Å². The van der Waals surface area contributed by atoms with Crippen molar-refractivity contribution in [2.45, 2.75) is 18.2 Å². The molecule has 0 N–H and O–H groups in total. The van der Waals surface area contributed by atoms with Crippen LogP contribution in [0.2, 0.25) is 0 Å². The number of halogens is 1. The van der Waals surface area contributed by atoms with Crippen LogP contribution in [-0.2, 0) is 11.2 Å². The SMILES string of the molecule is CSc1c(Br)cccc1CC(C)=O. The molecular weight excluding hydrogens is 248 g/mol. The van der Waals surface area contributed by atoms with E-state index < -0.39 is 0 Å². The van der Waals surface area contributed by atoms with Crippen molar-refractivity contribution >= 4 is 33.5 Å². The van der Waals surface area contributed by atoms with E-state index in [1.165, 1.54) is 0 Å². The molecule has 1 nitrogen and oxygen atoms in total. The zero-order valence-corrected chi connectivity index (χ0v) is 10.0. The number of hydrogen-bond acceptors (Lipinski definition) is 2. The third-order valence-electron chi connectivity index (χ3n) is 1.69. The van der Waals surface area contributed by atoms with Crippen LogP contribution in [0.4, 0.5) is 0 Å². The molecule has 1 aromatic carbocycles. The molecule has 3 heteroatoms. The molecule has 0 spiro atoms. The van der Waals surface area contributed by atoms with Crippen molar-refractivity contribution < 1.29 is 4.79 Å². The molecule has 0 saturated carbocycles. The van der Waals surface area contributed by atoms with Crippen LogP contribution in [-0.4, -0.2) is 12.0 Å². The van der Waals surface area contributed by atoms with Crippen LogP contribution in [0.15, 0.2) is 27.6 Å². The molecule has 0 radical (unpaired) electrons. The lowest BCUT2D eigenvalue weighted by atomic mass is 10.1. The summed E-state index contributed by atoms with van der Waals surface area (Å²) in [7, 11) is 0. The topological polar surface area (TPSA) is 17.1 Å². The Bertz CT molecular complexity index is 323. The summed E-state index contributed by atoms with van der Waals surface area (Å²) in [4.78, 5) is 12.1. The molecule has 0 saturated heterocycles. The van der Waals surface area contributed by atoms with Gasteiger partial charge in [-0.05, 0) is 40.7 Å². The van der Waals surface area contributed by atoms with Gasteiger partial charge >= 0.3 is 0 Å². The molecule has 1 rings (SSSR count). The molecule has 1 aromatic rings. The van der Waals surface area contributed by atoms with Gasteiger partial charge in [0.05, 0.1) is 0 Å². The molecule has 0 fully saturated rings. The monoisotopic (exact) mass is 258 g/mol. The maximum Gasteiger partial charge on any atom is 0.134 e. The number of benzene rings is 1. The lowest BCUT2D eigenvalue weighted by Gasteiger charge is -2.06. The minimum atomic E-state index is 0.202. The zero-order valence-electron chi connectivity index (χ0n) is 7.63. The highest BCUT2D eigenvalue weighted by atomic mass is 79.9. The molecule has 0 aliphatic heterocycles. The third kappa shape index (κ3) is 2.85. The van der Waals surface area contributed by atoms with Gasteiger partial charge in [0.2, 0.25) is 0 Å². The summed E-state index contributed by atoms with van der Waals surface area (Å²) in [6, 6.07) is 5.95. The first kappa shape index (κ1) is 10.8. The van der Waals surface area contributed by atoms with Gasteiger partial charge in [-0.1, -0.05) is 12.1 Å². The van der Waals surface area contributed by atoms with E-state index in [-0.39, 0.29) is 5.78 Å². The number of thioether (sulfide) groups is 1. The standard InChI is InChI=1S/C10H11BrOS/c1-7(12)6-8-4-3-5-9(11)10(8)13-2/h3-5H,6H2,1-2H3. The second kappa shape index (κ2) is 4.82. The largest absolute Gasteiger partial charge is 0.300 e. The number of carbonyl (C=O) groups excluding carboxylic acids is 1. The van der Waals surface area contributed by atoms with E-state index in [4.69, 9.17) is 0 Å². The fourth-order valence-electron chi connectivity index (χ4n) is 1.19. The van der Waals surface area contributed by atoms with E-state index in [9.17, 15) is 4.79 Å². The Morgan fingerprint density at radius 3 is 2.77 bits per heavy atom. The Kier molecular flexibility index (Phi) is 4.00. The smallest absolute Gasteiger partial charge is 0.134 e. The normalized spacial score (nSPS) is 10.1. The van der Waals surface area contributed by atoms with Crippen LogP contribution >= 0.6 is 27.7 Å². The number of hydrogen-bond donors (Lipinski definition) is 0. The molecule has 0 bridgehead atoms. The molecule has 0 aliphatic carbocycles. The van der Waals surface area contributed by atoms with E-state index >= 15 is 0 Å². The highest BCUT2D eigenvalue weighted by molar-refractivity contribution is 9.10. The van der Waals surface area contributed by atoms with E-state index in [1.54, 1.807) is 18.7 Å². The molecule has 0 aliphatic rings. The number of ketones is 1. The summed E-state index contributed by atoms with van der Waals surface area (Å²) in [5.41, 5.74) is 1.11. The lowest BCUT2D eigenvalue weighted by molar-refractivity contribution is -0.116. The van der Waals surface area contributed by atoms with Gasteiger partial charge < -0.3 is 0 Å². The van der Waals surface area contributed by atoms with Gasteiger partial charge in [-0.2, -0.15) is 0 Å². The summed E-state index contributed by atoms with van der Waals surface area (Å²) in [6.45, 7) is 1.62. The van der Waals surface area contributed by atoms with Gasteiger partial charge in [0.25, 0.3) is 0 Å². The summed E-state index contributed by atoms with van der Waals surface area (Å²) < 4.78 is 1.07. The maximum atomic E-state index is 11.0. The van der Waals surface area contributed by atoms with E-state index in [2.05, 4.69) is 15.9 Å². The van der Waals surface area contributed by atoms with Crippen LogP contribution in [0.25, 0.3) is 0 Å². The Hall–Kier alpha value is -0.280. The van der Waals surface area contributed by atoms with Crippen LogP contribution in [0.3, 0.4) is 0 Å². The summed E-state index contributed by atoms with van der Waals surface area (Å²) in [5.74, 6) is 0.202. The van der Waals surface area contributed by atoms with Crippen molar-refractivity contribution in [3.05, 3.63) is 28.2 Å². The van der Waals surface area contributed by atoms with Crippen molar-refractivity contribution in [2.75, 3.05) is 6.26 Å². The maximum absolute atomic E-state index is 11.0. The van der Waals surface area contributed by atoms with Gasteiger partial charge in [-0.25, -0.2) is 0 Å². The van der Waals surface area contributed by atoms with Crippen LogP contribution in [0.5, 0.6) is 0 Å². The second-order valence-corrected chi connectivity index (χ2v) is 4.48. The molecule has 0 heterocycles. The van der Waals surface area contributed by atoms with E-state index in [0.29, 0.717) is 6.42 Å². The Morgan fingerprint density at radius 1 is 1.54 bits per heavy atom. The van der Waals surface area contributed by atoms with Gasteiger partial charge in [0, 0.05) is 15.8 Å². The van der Waals surface area contributed by atoms with Gasteiger partial charge in [-0.3, -0.25) is 4.79 Å².